The van der Waals surface area contributed by atoms with Crippen LogP contribution in [0.3, 0.4) is 0 Å². The smallest absolute Gasteiger partial charge is 0.326 e. The maximum atomic E-state index is 11.7. The number of carbonyl (C=O) groups is 3. The number of ether oxygens (including phenoxy) is 1. The van der Waals surface area contributed by atoms with Crippen LogP contribution in [-0.4, -0.2) is 42.3 Å². The van der Waals surface area contributed by atoms with Gasteiger partial charge in [-0.25, -0.2) is 9.59 Å². The van der Waals surface area contributed by atoms with E-state index < -0.39 is 24.0 Å². The van der Waals surface area contributed by atoms with Crippen LogP contribution in [-0.2, 0) is 14.3 Å². The monoisotopic (exact) mass is 272 g/mol. The molecule has 1 atom stereocenters. The Morgan fingerprint density at radius 3 is 2.42 bits per heavy atom. The van der Waals surface area contributed by atoms with E-state index >= 15 is 0 Å². The van der Waals surface area contributed by atoms with E-state index in [1.807, 2.05) is 0 Å². The number of methoxy groups -OCH3 is 1. The van der Waals surface area contributed by atoms with Crippen molar-refractivity contribution >= 4 is 18.0 Å². The van der Waals surface area contributed by atoms with Crippen LogP contribution >= 0.6 is 0 Å². The lowest BCUT2D eigenvalue weighted by atomic mass is 9.96. The van der Waals surface area contributed by atoms with Crippen LogP contribution in [0.15, 0.2) is 0 Å². The fraction of sp³-hybridized carbons (Fsp3) is 0.750. The first-order valence-corrected chi connectivity index (χ1v) is 6.39. The van der Waals surface area contributed by atoms with Gasteiger partial charge in [0.25, 0.3) is 0 Å². The van der Waals surface area contributed by atoms with Crippen LogP contribution in [0.2, 0.25) is 0 Å². The van der Waals surface area contributed by atoms with Crippen molar-refractivity contribution in [2.24, 2.45) is 0 Å². The fourth-order valence-corrected chi connectivity index (χ4v) is 2.08. The van der Waals surface area contributed by atoms with Gasteiger partial charge in [0, 0.05) is 6.04 Å². The molecule has 19 heavy (non-hydrogen) atoms. The molecular weight excluding hydrogens is 252 g/mol. The molecule has 0 spiro atoms. The van der Waals surface area contributed by atoms with Crippen LogP contribution in [0.1, 0.15) is 38.5 Å². The van der Waals surface area contributed by atoms with Gasteiger partial charge in [-0.15, -0.1) is 0 Å². The number of rotatable bonds is 5. The summed E-state index contributed by atoms with van der Waals surface area (Å²) >= 11 is 0. The molecule has 0 aromatic rings. The molecule has 1 aliphatic rings. The summed E-state index contributed by atoms with van der Waals surface area (Å²) in [5.41, 5.74) is 0. The second kappa shape index (κ2) is 7.60. The summed E-state index contributed by atoms with van der Waals surface area (Å²) in [5.74, 6) is -1.94. The molecule has 0 aromatic heterocycles. The summed E-state index contributed by atoms with van der Waals surface area (Å²) in [7, 11) is 1.17. The van der Waals surface area contributed by atoms with E-state index in [0.717, 1.165) is 25.7 Å². The van der Waals surface area contributed by atoms with Crippen molar-refractivity contribution in [3.8, 4) is 0 Å². The van der Waals surface area contributed by atoms with Crippen molar-refractivity contribution in [2.75, 3.05) is 7.11 Å². The van der Waals surface area contributed by atoms with Gasteiger partial charge in [0.15, 0.2) is 0 Å². The minimum atomic E-state index is -1.27. The minimum Gasteiger partial charge on any atom is -0.480 e. The highest BCUT2D eigenvalue weighted by atomic mass is 16.5. The number of amides is 2. The van der Waals surface area contributed by atoms with Gasteiger partial charge in [-0.3, -0.25) is 4.79 Å². The Kier molecular flexibility index (Phi) is 6.11. The SMILES string of the molecule is COC(=O)C[C@H](NC(=O)NC1CCCCC1)C(=O)O. The second-order valence-corrected chi connectivity index (χ2v) is 4.62. The standard InChI is InChI=1S/C12H20N2O5/c1-19-10(15)7-9(11(16)17)14-12(18)13-8-5-3-2-4-6-8/h8-9H,2-7H2,1H3,(H,16,17)(H2,13,14,18)/t9-/m0/s1. The minimum absolute atomic E-state index is 0.0846. The molecular formula is C12H20N2O5. The molecule has 2 amide bonds. The normalized spacial score (nSPS) is 17.3. The van der Waals surface area contributed by atoms with Gasteiger partial charge in [0.1, 0.15) is 6.04 Å². The number of carboxylic acid groups (broad SMARTS) is 1. The van der Waals surface area contributed by atoms with E-state index in [1.54, 1.807) is 0 Å². The summed E-state index contributed by atoms with van der Waals surface area (Å²) in [6, 6.07) is -1.74. The molecule has 1 fully saturated rings. The third-order valence-corrected chi connectivity index (χ3v) is 3.14. The molecule has 7 nitrogen and oxygen atoms in total. The molecule has 0 heterocycles. The van der Waals surface area contributed by atoms with E-state index in [4.69, 9.17) is 5.11 Å². The predicted octanol–water partition coefficient (Wildman–Crippen LogP) is 0.635. The average molecular weight is 272 g/mol. The molecule has 108 valence electrons. The van der Waals surface area contributed by atoms with Crippen molar-refractivity contribution in [3.63, 3.8) is 0 Å². The first-order chi connectivity index (χ1) is 9.02. The molecule has 0 unspecified atom stereocenters. The van der Waals surface area contributed by atoms with Gasteiger partial charge < -0.3 is 20.5 Å². The van der Waals surface area contributed by atoms with Crippen LogP contribution in [0.25, 0.3) is 0 Å². The fourth-order valence-electron chi connectivity index (χ4n) is 2.08. The highest BCUT2D eigenvalue weighted by molar-refractivity contribution is 5.86. The van der Waals surface area contributed by atoms with Crippen molar-refractivity contribution < 1.29 is 24.2 Å². The Balaban J connectivity index is 2.41. The predicted molar refractivity (Wildman–Crippen MR) is 66.6 cm³/mol. The molecule has 1 aliphatic carbocycles. The number of hydrogen-bond donors (Lipinski definition) is 3. The van der Waals surface area contributed by atoms with Crippen LogP contribution < -0.4 is 10.6 Å². The highest BCUT2D eigenvalue weighted by Gasteiger charge is 2.25. The Morgan fingerprint density at radius 2 is 1.89 bits per heavy atom. The number of hydrogen-bond acceptors (Lipinski definition) is 4. The summed E-state index contributed by atoms with van der Waals surface area (Å²) < 4.78 is 4.39. The quantitative estimate of drug-likeness (QED) is 0.637. The van der Waals surface area contributed by atoms with Gasteiger partial charge in [0.05, 0.1) is 13.5 Å². The maximum absolute atomic E-state index is 11.7. The third-order valence-electron chi connectivity index (χ3n) is 3.14. The average Bonchev–Trinajstić information content (AvgIpc) is 2.38. The molecule has 0 aliphatic heterocycles. The number of nitrogens with one attached hydrogen (secondary N) is 2. The van der Waals surface area contributed by atoms with Crippen molar-refractivity contribution in [3.05, 3.63) is 0 Å². The number of carboxylic acids is 1. The zero-order chi connectivity index (χ0) is 14.3. The Bertz CT molecular complexity index is 339. The van der Waals surface area contributed by atoms with E-state index in [9.17, 15) is 14.4 Å². The molecule has 0 saturated heterocycles. The van der Waals surface area contributed by atoms with Crippen molar-refractivity contribution in [2.45, 2.75) is 50.6 Å². The first-order valence-electron chi connectivity index (χ1n) is 6.39. The summed E-state index contributed by atoms with van der Waals surface area (Å²) in [6.07, 6.45) is 4.72. The Hall–Kier alpha value is -1.79. The number of esters is 1. The largest absolute Gasteiger partial charge is 0.480 e. The van der Waals surface area contributed by atoms with Crippen molar-refractivity contribution in [1.29, 1.82) is 0 Å². The van der Waals surface area contributed by atoms with Crippen molar-refractivity contribution in [1.82, 2.24) is 10.6 Å². The summed E-state index contributed by atoms with van der Waals surface area (Å²) in [6.45, 7) is 0. The van der Waals surface area contributed by atoms with E-state index in [-0.39, 0.29) is 12.5 Å². The van der Waals surface area contributed by atoms with Crippen LogP contribution in [0, 0.1) is 0 Å². The number of carbonyl (C=O) groups excluding carboxylic acids is 2. The second-order valence-electron chi connectivity index (χ2n) is 4.62. The molecule has 0 bridgehead atoms. The summed E-state index contributed by atoms with van der Waals surface area (Å²) in [5, 5.41) is 13.9. The van der Waals surface area contributed by atoms with Gasteiger partial charge in [-0.05, 0) is 12.8 Å². The maximum Gasteiger partial charge on any atom is 0.326 e. The number of aliphatic carboxylic acids is 1. The number of urea groups is 1. The van der Waals surface area contributed by atoms with Crippen LogP contribution in [0.5, 0.6) is 0 Å². The van der Waals surface area contributed by atoms with Gasteiger partial charge in [0.2, 0.25) is 0 Å². The molecule has 0 aromatic carbocycles. The first kappa shape index (κ1) is 15.3. The summed E-state index contributed by atoms with van der Waals surface area (Å²) in [4.78, 5) is 33.6. The molecule has 1 rings (SSSR count). The molecule has 3 N–H and O–H groups in total. The van der Waals surface area contributed by atoms with Gasteiger partial charge in [-0.1, -0.05) is 19.3 Å². The topological polar surface area (TPSA) is 105 Å². The zero-order valence-corrected chi connectivity index (χ0v) is 11.0. The third kappa shape index (κ3) is 5.58. The lowest BCUT2D eigenvalue weighted by Crippen LogP contribution is -2.50. The van der Waals surface area contributed by atoms with E-state index in [2.05, 4.69) is 15.4 Å². The lowest BCUT2D eigenvalue weighted by Gasteiger charge is -2.23. The highest BCUT2D eigenvalue weighted by Crippen LogP contribution is 2.17. The van der Waals surface area contributed by atoms with Crippen LogP contribution in [0.4, 0.5) is 4.79 Å². The lowest BCUT2D eigenvalue weighted by molar-refractivity contribution is -0.147. The van der Waals surface area contributed by atoms with E-state index in [0.29, 0.717) is 0 Å². The van der Waals surface area contributed by atoms with Gasteiger partial charge >= 0.3 is 18.0 Å². The van der Waals surface area contributed by atoms with Gasteiger partial charge in [-0.2, -0.15) is 0 Å². The van der Waals surface area contributed by atoms with E-state index in [1.165, 1.54) is 13.5 Å². The molecule has 0 radical (unpaired) electrons. The zero-order valence-electron chi connectivity index (χ0n) is 11.0. The Morgan fingerprint density at radius 1 is 1.26 bits per heavy atom. The molecule has 7 heteroatoms. The Labute approximate surface area is 111 Å². The molecule has 1 saturated carbocycles.